The third kappa shape index (κ3) is 2.47. The van der Waals surface area contributed by atoms with Crippen molar-refractivity contribution in [1.29, 1.82) is 0 Å². The van der Waals surface area contributed by atoms with Crippen molar-refractivity contribution in [2.24, 2.45) is 0 Å². The summed E-state index contributed by atoms with van der Waals surface area (Å²) in [5.74, 6) is -1.86. The minimum absolute atomic E-state index is 0.0609. The number of aromatic nitrogens is 2. The smallest absolute Gasteiger partial charge is 0.151 e. The van der Waals surface area contributed by atoms with E-state index < -0.39 is 17.5 Å². The molecular formula is C15H10F3N3. The van der Waals surface area contributed by atoms with E-state index in [9.17, 15) is 13.2 Å². The van der Waals surface area contributed by atoms with Crippen molar-refractivity contribution >= 4 is 5.69 Å². The van der Waals surface area contributed by atoms with Crippen LogP contribution in [0.1, 0.15) is 0 Å². The van der Waals surface area contributed by atoms with E-state index in [-0.39, 0.29) is 11.4 Å². The molecule has 3 aromatic rings. The van der Waals surface area contributed by atoms with Crippen molar-refractivity contribution in [3.63, 3.8) is 0 Å². The fraction of sp³-hybridized carbons (Fsp3) is 0. The van der Waals surface area contributed by atoms with Crippen molar-refractivity contribution in [2.75, 3.05) is 5.73 Å². The lowest BCUT2D eigenvalue weighted by atomic mass is 10.1. The molecule has 2 N–H and O–H groups in total. The van der Waals surface area contributed by atoms with Gasteiger partial charge in [0.1, 0.15) is 23.0 Å². The van der Waals surface area contributed by atoms with Gasteiger partial charge in [0.15, 0.2) is 5.82 Å². The predicted molar refractivity (Wildman–Crippen MR) is 73.3 cm³/mol. The van der Waals surface area contributed by atoms with E-state index in [0.29, 0.717) is 11.3 Å². The highest BCUT2D eigenvalue weighted by Crippen LogP contribution is 2.26. The summed E-state index contributed by atoms with van der Waals surface area (Å²) in [7, 11) is 0. The number of nitrogens with zero attached hydrogens (tertiary/aromatic N) is 2. The third-order valence-electron chi connectivity index (χ3n) is 3.00. The maximum Gasteiger partial charge on any atom is 0.151 e. The van der Waals surface area contributed by atoms with Gasteiger partial charge < -0.3 is 5.73 Å². The van der Waals surface area contributed by atoms with E-state index in [1.54, 1.807) is 6.07 Å². The van der Waals surface area contributed by atoms with Crippen molar-refractivity contribution in [2.45, 2.75) is 0 Å². The molecule has 0 fully saturated rings. The first-order valence-corrected chi connectivity index (χ1v) is 6.11. The van der Waals surface area contributed by atoms with Gasteiger partial charge in [-0.25, -0.2) is 17.9 Å². The number of anilines is 1. The normalized spacial score (nSPS) is 10.8. The Morgan fingerprint density at radius 2 is 1.71 bits per heavy atom. The van der Waals surface area contributed by atoms with Gasteiger partial charge in [0.05, 0.1) is 11.9 Å². The zero-order valence-electron chi connectivity index (χ0n) is 10.7. The lowest BCUT2D eigenvalue weighted by Crippen LogP contribution is -1.99. The molecule has 106 valence electrons. The number of hydrogen-bond acceptors (Lipinski definition) is 2. The molecular weight excluding hydrogens is 279 g/mol. The van der Waals surface area contributed by atoms with Crippen molar-refractivity contribution in [3.05, 3.63) is 66.1 Å². The summed E-state index contributed by atoms with van der Waals surface area (Å²) in [4.78, 5) is 0. The van der Waals surface area contributed by atoms with Gasteiger partial charge in [-0.15, -0.1) is 0 Å². The molecule has 0 radical (unpaired) electrons. The van der Waals surface area contributed by atoms with E-state index in [2.05, 4.69) is 5.10 Å². The lowest BCUT2D eigenvalue weighted by Gasteiger charge is -2.02. The fourth-order valence-corrected chi connectivity index (χ4v) is 2.04. The summed E-state index contributed by atoms with van der Waals surface area (Å²) >= 11 is 0. The van der Waals surface area contributed by atoms with Crippen LogP contribution in [-0.2, 0) is 0 Å². The molecule has 3 nitrogen and oxygen atoms in total. The largest absolute Gasteiger partial charge is 0.396 e. The monoisotopic (exact) mass is 289 g/mol. The molecule has 0 aliphatic heterocycles. The topological polar surface area (TPSA) is 43.8 Å². The highest BCUT2D eigenvalue weighted by atomic mass is 19.1. The summed E-state index contributed by atoms with van der Waals surface area (Å²) in [5, 5.41) is 4.14. The minimum Gasteiger partial charge on any atom is -0.396 e. The Balaban J connectivity index is 2.09. The molecule has 0 aliphatic carbocycles. The van der Waals surface area contributed by atoms with Gasteiger partial charge in [-0.1, -0.05) is 12.1 Å². The molecule has 0 amide bonds. The number of halogens is 3. The second-order valence-corrected chi connectivity index (χ2v) is 4.48. The van der Waals surface area contributed by atoms with Crippen LogP contribution < -0.4 is 5.73 Å². The molecule has 3 rings (SSSR count). The van der Waals surface area contributed by atoms with Crippen LogP contribution in [0.3, 0.4) is 0 Å². The van der Waals surface area contributed by atoms with Crippen LogP contribution in [-0.4, -0.2) is 9.78 Å². The quantitative estimate of drug-likeness (QED) is 0.784. The van der Waals surface area contributed by atoms with E-state index in [0.717, 1.165) is 12.1 Å². The van der Waals surface area contributed by atoms with Gasteiger partial charge in [0, 0.05) is 11.6 Å². The third-order valence-corrected chi connectivity index (χ3v) is 3.00. The van der Waals surface area contributed by atoms with Crippen LogP contribution in [0.2, 0.25) is 0 Å². The van der Waals surface area contributed by atoms with Crippen molar-refractivity contribution in [1.82, 2.24) is 9.78 Å². The molecule has 0 atom stereocenters. The number of rotatable bonds is 2. The standard InChI is InChI=1S/C15H10F3N3/c16-10-3-1-2-9(6-10)15-13(19)8-21(20-15)14-5-4-11(17)7-12(14)18/h1-8H,19H2. The molecule has 0 spiro atoms. The average molecular weight is 289 g/mol. The molecule has 0 aliphatic rings. The van der Waals surface area contributed by atoms with Gasteiger partial charge in [0.25, 0.3) is 0 Å². The number of hydrogen-bond donors (Lipinski definition) is 1. The van der Waals surface area contributed by atoms with E-state index in [4.69, 9.17) is 5.73 Å². The summed E-state index contributed by atoms with van der Waals surface area (Å²) in [5.41, 5.74) is 6.98. The summed E-state index contributed by atoms with van der Waals surface area (Å²) in [6.45, 7) is 0. The van der Waals surface area contributed by atoms with Crippen molar-refractivity contribution in [3.8, 4) is 16.9 Å². The van der Waals surface area contributed by atoms with Crippen LogP contribution in [0.15, 0.2) is 48.7 Å². The Bertz CT molecular complexity index is 812. The molecule has 1 aromatic heterocycles. The van der Waals surface area contributed by atoms with Crippen LogP contribution in [0.25, 0.3) is 16.9 Å². The van der Waals surface area contributed by atoms with Gasteiger partial charge in [-0.3, -0.25) is 0 Å². The van der Waals surface area contributed by atoms with Crippen LogP contribution in [0.4, 0.5) is 18.9 Å². The Kier molecular flexibility index (Phi) is 3.13. The molecule has 0 bridgehead atoms. The molecule has 0 saturated carbocycles. The second-order valence-electron chi connectivity index (χ2n) is 4.48. The minimum atomic E-state index is -0.761. The first kappa shape index (κ1) is 13.2. The molecule has 2 aromatic carbocycles. The van der Waals surface area contributed by atoms with E-state index >= 15 is 0 Å². The Labute approximate surface area is 118 Å². The maximum absolute atomic E-state index is 13.7. The van der Waals surface area contributed by atoms with Crippen LogP contribution in [0, 0.1) is 17.5 Å². The Morgan fingerprint density at radius 1 is 0.952 bits per heavy atom. The molecule has 21 heavy (non-hydrogen) atoms. The Hall–Kier alpha value is -2.76. The van der Waals surface area contributed by atoms with E-state index in [1.165, 1.54) is 35.1 Å². The van der Waals surface area contributed by atoms with E-state index in [1.807, 2.05) is 0 Å². The first-order chi connectivity index (χ1) is 10.0. The van der Waals surface area contributed by atoms with Crippen LogP contribution >= 0.6 is 0 Å². The lowest BCUT2D eigenvalue weighted by molar-refractivity contribution is 0.574. The molecule has 0 unspecified atom stereocenters. The predicted octanol–water partition coefficient (Wildman–Crippen LogP) is 3.54. The molecule has 0 saturated heterocycles. The fourth-order valence-electron chi connectivity index (χ4n) is 2.04. The number of nitrogens with two attached hydrogens (primary N) is 1. The first-order valence-electron chi connectivity index (χ1n) is 6.11. The maximum atomic E-state index is 13.7. The zero-order chi connectivity index (χ0) is 15.0. The molecule has 1 heterocycles. The van der Waals surface area contributed by atoms with Gasteiger partial charge in [-0.05, 0) is 24.3 Å². The Morgan fingerprint density at radius 3 is 2.43 bits per heavy atom. The average Bonchev–Trinajstić information content (AvgIpc) is 2.80. The molecule has 6 heteroatoms. The SMILES string of the molecule is Nc1cn(-c2ccc(F)cc2F)nc1-c1cccc(F)c1. The van der Waals surface area contributed by atoms with Gasteiger partial charge in [-0.2, -0.15) is 5.10 Å². The zero-order valence-corrected chi connectivity index (χ0v) is 10.7. The second kappa shape index (κ2) is 4.97. The highest BCUT2D eigenvalue weighted by molar-refractivity contribution is 5.72. The summed E-state index contributed by atoms with van der Waals surface area (Å²) < 4.78 is 41.1. The summed E-state index contributed by atoms with van der Waals surface area (Å²) in [6.07, 6.45) is 1.40. The van der Waals surface area contributed by atoms with Gasteiger partial charge >= 0.3 is 0 Å². The number of nitrogen functional groups attached to an aromatic ring is 1. The highest BCUT2D eigenvalue weighted by Gasteiger charge is 2.13. The van der Waals surface area contributed by atoms with Crippen LogP contribution in [0.5, 0.6) is 0 Å². The number of benzene rings is 2. The summed E-state index contributed by atoms with van der Waals surface area (Å²) in [6, 6.07) is 8.90. The van der Waals surface area contributed by atoms with Gasteiger partial charge in [0.2, 0.25) is 0 Å². The van der Waals surface area contributed by atoms with Crippen molar-refractivity contribution < 1.29 is 13.2 Å².